The van der Waals surface area contributed by atoms with Crippen LogP contribution >= 0.6 is 0 Å². The van der Waals surface area contributed by atoms with Crippen molar-refractivity contribution in [3.8, 4) is 16.9 Å². The van der Waals surface area contributed by atoms with E-state index in [1.54, 1.807) is 11.8 Å². The van der Waals surface area contributed by atoms with Gasteiger partial charge >= 0.3 is 0 Å². The summed E-state index contributed by atoms with van der Waals surface area (Å²) in [4.78, 5) is 36.6. The van der Waals surface area contributed by atoms with Crippen molar-refractivity contribution >= 4 is 39.6 Å². The lowest BCUT2D eigenvalue weighted by molar-refractivity contribution is -0.131. The highest BCUT2D eigenvalue weighted by atomic mass is 19.1. The van der Waals surface area contributed by atoms with Crippen LogP contribution in [0, 0.1) is 18.6 Å². The molecule has 2 aliphatic heterocycles. The first kappa shape index (κ1) is 28.0. The van der Waals surface area contributed by atoms with Gasteiger partial charge in [0.2, 0.25) is 5.91 Å². The number of fused-ring (bicyclic) bond motifs is 6. The molecule has 1 amide bonds. The zero-order valence-electron chi connectivity index (χ0n) is 25.2. The number of hydrogen-bond acceptors (Lipinski definition) is 8. The van der Waals surface area contributed by atoms with Crippen LogP contribution in [0.2, 0.25) is 0 Å². The molecular formula is C33H30F2N10O. The SMILES string of the molecule is Cc1nn(-c2ccc(F)cc2F)c2ncnc(N3C[C@@H]4C[C@H]3C(=O)N(C)CCCn3cnc5cccc(c53)-c3cccc(n3)N4)c12. The summed E-state index contributed by atoms with van der Waals surface area (Å²) >= 11 is 0. The number of halogens is 2. The summed E-state index contributed by atoms with van der Waals surface area (Å²) in [5.74, 6) is -0.236. The molecule has 1 saturated heterocycles. The average Bonchev–Trinajstić information content (AvgIpc) is 3.76. The number of likely N-dealkylation sites (N-methyl/N-ethyl adjacent to an activating group) is 1. The van der Waals surface area contributed by atoms with Crippen LogP contribution in [-0.4, -0.2) is 77.3 Å². The Bertz CT molecular complexity index is 2140. The molecule has 1 fully saturated rings. The van der Waals surface area contributed by atoms with E-state index >= 15 is 0 Å². The molecule has 4 aromatic heterocycles. The molecule has 0 radical (unpaired) electrons. The molecule has 6 aromatic rings. The Hall–Kier alpha value is -5.46. The van der Waals surface area contributed by atoms with Crippen molar-refractivity contribution in [1.29, 1.82) is 0 Å². The summed E-state index contributed by atoms with van der Waals surface area (Å²) in [5, 5.41) is 8.74. The first-order valence-electron chi connectivity index (χ1n) is 15.2. The van der Waals surface area contributed by atoms with E-state index in [2.05, 4.69) is 36.0 Å². The number of para-hydroxylation sites is 1. The lowest BCUT2D eigenvalue weighted by atomic mass is 10.1. The van der Waals surface area contributed by atoms with Gasteiger partial charge in [0.1, 0.15) is 35.5 Å². The minimum atomic E-state index is -0.758. The van der Waals surface area contributed by atoms with Crippen LogP contribution in [0.15, 0.2) is 67.3 Å². The maximum atomic E-state index is 14.9. The Balaban J connectivity index is 1.21. The van der Waals surface area contributed by atoms with Gasteiger partial charge in [-0.3, -0.25) is 4.79 Å². The fourth-order valence-electron chi connectivity index (χ4n) is 6.77. The van der Waals surface area contributed by atoms with Crippen molar-refractivity contribution in [2.75, 3.05) is 30.4 Å². The van der Waals surface area contributed by atoms with Gasteiger partial charge < -0.3 is 19.7 Å². The average molecular weight is 621 g/mol. The predicted octanol–water partition coefficient (Wildman–Crippen LogP) is 4.74. The van der Waals surface area contributed by atoms with Crippen LogP contribution < -0.4 is 10.2 Å². The van der Waals surface area contributed by atoms with E-state index in [0.717, 1.165) is 34.8 Å². The van der Waals surface area contributed by atoms with E-state index in [1.807, 2.05) is 48.6 Å². The molecule has 0 aliphatic carbocycles. The minimum Gasteiger partial charge on any atom is -0.365 e. The number of carbonyl (C=O) groups excluding carboxylic acids is 1. The maximum absolute atomic E-state index is 14.9. The second-order valence-corrected chi connectivity index (χ2v) is 11.9. The molecule has 1 N–H and O–H groups in total. The van der Waals surface area contributed by atoms with E-state index in [9.17, 15) is 13.6 Å². The zero-order chi connectivity index (χ0) is 31.5. The second kappa shape index (κ2) is 10.9. The van der Waals surface area contributed by atoms with Crippen molar-refractivity contribution in [2.45, 2.75) is 38.4 Å². The summed E-state index contributed by atoms with van der Waals surface area (Å²) in [6, 6.07) is 14.6. The van der Waals surface area contributed by atoms with Gasteiger partial charge in [-0.2, -0.15) is 5.10 Å². The summed E-state index contributed by atoms with van der Waals surface area (Å²) in [6.07, 6.45) is 4.49. The first-order chi connectivity index (χ1) is 22.4. The number of benzene rings is 2. The maximum Gasteiger partial charge on any atom is 0.245 e. The number of rotatable bonds is 2. The number of pyridine rings is 1. The fraction of sp³-hybridized carbons (Fsp3) is 0.273. The molecule has 8 rings (SSSR count). The minimum absolute atomic E-state index is 0.0292. The molecule has 4 bridgehead atoms. The van der Waals surface area contributed by atoms with Crippen molar-refractivity contribution < 1.29 is 13.6 Å². The van der Waals surface area contributed by atoms with E-state index in [-0.39, 0.29) is 17.6 Å². The third-order valence-electron chi connectivity index (χ3n) is 8.90. The summed E-state index contributed by atoms with van der Waals surface area (Å²) in [6.45, 7) is 3.49. The van der Waals surface area contributed by atoms with Gasteiger partial charge in [0.25, 0.3) is 0 Å². The molecule has 46 heavy (non-hydrogen) atoms. The van der Waals surface area contributed by atoms with Crippen LogP contribution in [-0.2, 0) is 11.3 Å². The number of hydrogen-bond donors (Lipinski definition) is 1. The van der Waals surface area contributed by atoms with Gasteiger partial charge in [-0.25, -0.2) is 33.4 Å². The molecular weight excluding hydrogens is 590 g/mol. The topological polar surface area (TPSA) is 110 Å². The first-order valence-corrected chi connectivity index (χ1v) is 15.2. The van der Waals surface area contributed by atoms with E-state index in [0.29, 0.717) is 54.4 Å². The monoisotopic (exact) mass is 620 g/mol. The lowest BCUT2D eigenvalue weighted by Gasteiger charge is -2.29. The highest BCUT2D eigenvalue weighted by molar-refractivity contribution is 5.95. The van der Waals surface area contributed by atoms with E-state index in [4.69, 9.17) is 4.98 Å². The quantitative estimate of drug-likeness (QED) is 0.296. The van der Waals surface area contributed by atoms with E-state index < -0.39 is 17.7 Å². The molecule has 232 valence electrons. The molecule has 13 heteroatoms. The Labute approximate surface area is 262 Å². The van der Waals surface area contributed by atoms with Crippen LogP contribution in [0.5, 0.6) is 0 Å². The van der Waals surface area contributed by atoms with Crippen LogP contribution in [0.3, 0.4) is 0 Å². The lowest BCUT2D eigenvalue weighted by Crippen LogP contribution is -2.45. The highest BCUT2D eigenvalue weighted by Gasteiger charge is 2.40. The molecule has 2 aliphatic rings. The molecule has 2 aromatic carbocycles. The van der Waals surface area contributed by atoms with Gasteiger partial charge in [-0.1, -0.05) is 18.2 Å². The molecule has 0 spiro atoms. The molecule has 0 unspecified atom stereocenters. The third-order valence-corrected chi connectivity index (χ3v) is 8.90. The van der Waals surface area contributed by atoms with Crippen molar-refractivity contribution in [3.05, 3.63) is 84.6 Å². The number of anilines is 2. The number of nitrogens with one attached hydrogen (secondary N) is 1. The number of aryl methyl sites for hydroxylation is 2. The second-order valence-electron chi connectivity index (χ2n) is 11.9. The molecule has 2 atom stereocenters. The Morgan fingerprint density at radius 3 is 2.74 bits per heavy atom. The van der Waals surface area contributed by atoms with Crippen LogP contribution in [0.4, 0.5) is 20.4 Å². The van der Waals surface area contributed by atoms with Gasteiger partial charge in [-0.15, -0.1) is 0 Å². The zero-order valence-corrected chi connectivity index (χ0v) is 25.2. The third kappa shape index (κ3) is 4.61. The van der Waals surface area contributed by atoms with Crippen LogP contribution in [0.1, 0.15) is 18.5 Å². The van der Waals surface area contributed by atoms with Gasteiger partial charge in [0.05, 0.1) is 34.1 Å². The normalized spacial score (nSPS) is 18.6. The summed E-state index contributed by atoms with van der Waals surface area (Å²) in [5.41, 5.74) is 4.75. The number of nitrogens with zero attached hydrogens (tertiary/aromatic N) is 9. The molecule has 6 heterocycles. The largest absolute Gasteiger partial charge is 0.365 e. The van der Waals surface area contributed by atoms with Gasteiger partial charge in [-0.05, 0) is 50.1 Å². The fourth-order valence-corrected chi connectivity index (χ4v) is 6.77. The van der Waals surface area contributed by atoms with Gasteiger partial charge in [0, 0.05) is 44.4 Å². The number of aromatic nitrogens is 7. The summed E-state index contributed by atoms with van der Waals surface area (Å²) in [7, 11) is 1.83. The Morgan fingerprint density at radius 1 is 1.00 bits per heavy atom. The van der Waals surface area contributed by atoms with Crippen molar-refractivity contribution in [1.82, 2.24) is 39.2 Å². The Kier molecular flexibility index (Phi) is 6.62. The van der Waals surface area contributed by atoms with E-state index in [1.165, 1.54) is 23.1 Å². The number of amides is 1. The molecule has 0 saturated carbocycles. The van der Waals surface area contributed by atoms with Crippen LogP contribution in [0.25, 0.3) is 39.0 Å². The standard InChI is InChI=1S/C33H30F2N10O/c1-19-29-31(36-17-37-32(29)45(41-19)26-11-10-20(34)14-23(26)35)44-16-21-15-27(44)33(46)42(2)12-5-13-43-18-38-25-8-3-6-22(30(25)43)24-7-4-9-28(39-21)40-24/h3-4,6-11,14,17-18,21,27H,5,12-13,15-16H2,1-2H3,(H,39,40)/t21-,27-/m0/s1. The number of carbonyl (C=O) groups is 1. The predicted molar refractivity (Wildman–Crippen MR) is 170 cm³/mol. The Morgan fingerprint density at radius 2 is 1.87 bits per heavy atom. The summed E-state index contributed by atoms with van der Waals surface area (Å²) < 4.78 is 32.0. The number of imidazole rings is 1. The molecule has 11 nitrogen and oxygen atoms in total. The van der Waals surface area contributed by atoms with Crippen molar-refractivity contribution in [2.24, 2.45) is 0 Å². The highest BCUT2D eigenvalue weighted by Crippen LogP contribution is 2.35. The van der Waals surface area contributed by atoms with Crippen molar-refractivity contribution in [3.63, 3.8) is 0 Å². The smallest absolute Gasteiger partial charge is 0.245 e. The van der Waals surface area contributed by atoms with Gasteiger partial charge in [0.15, 0.2) is 11.5 Å².